The van der Waals surface area contributed by atoms with Crippen LogP contribution in [0.15, 0.2) is 72.9 Å². The van der Waals surface area contributed by atoms with Crippen LogP contribution in [0.2, 0.25) is 5.02 Å². The van der Waals surface area contributed by atoms with E-state index < -0.39 is 11.5 Å². The van der Waals surface area contributed by atoms with E-state index in [1.807, 2.05) is 36.5 Å². The van der Waals surface area contributed by atoms with E-state index in [0.29, 0.717) is 48.8 Å². The van der Waals surface area contributed by atoms with Crippen LogP contribution in [0, 0.1) is 25.7 Å². The summed E-state index contributed by atoms with van der Waals surface area (Å²) in [5.41, 5.74) is 8.30. The number of carboxylic acids is 1. The van der Waals surface area contributed by atoms with Gasteiger partial charge in [-0.05, 0) is 147 Å². The quantitative estimate of drug-likeness (QED) is 0.162. The van der Waals surface area contributed by atoms with Crippen molar-refractivity contribution in [3.63, 3.8) is 0 Å². The van der Waals surface area contributed by atoms with Gasteiger partial charge in [-0.3, -0.25) is 4.98 Å². The largest absolute Gasteiger partial charge is 0.493 e. The summed E-state index contributed by atoms with van der Waals surface area (Å²) in [7, 11) is 0. The third-order valence-corrected chi connectivity index (χ3v) is 12.3. The van der Waals surface area contributed by atoms with Crippen LogP contribution < -0.4 is 14.8 Å². The molecule has 0 aliphatic heterocycles. The Labute approximate surface area is 308 Å². The van der Waals surface area contributed by atoms with Crippen LogP contribution in [0.3, 0.4) is 0 Å². The van der Waals surface area contributed by atoms with Crippen molar-refractivity contribution in [1.29, 1.82) is 0 Å². The number of nitrogens with one attached hydrogen (secondary N) is 1. The van der Waals surface area contributed by atoms with E-state index in [-0.39, 0.29) is 5.41 Å². The zero-order valence-electron chi connectivity index (χ0n) is 30.4. The maximum absolute atomic E-state index is 13.0. The summed E-state index contributed by atoms with van der Waals surface area (Å²) >= 11 is 6.30. The summed E-state index contributed by atoms with van der Waals surface area (Å²) < 4.78 is 12.9. The van der Waals surface area contributed by atoms with Crippen molar-refractivity contribution in [3.05, 3.63) is 117 Å². The summed E-state index contributed by atoms with van der Waals surface area (Å²) in [6.07, 6.45) is 9.91. The standard InChI is InChI=1S/C44H51ClN2O4/c1-28-11-14-39(31(4)21-28)51-27-32-12-13-33-24-34(22-29(2)26-50-40-15-20-46-38-10-5-7-30(3)41(38)40)43(37(33)23-32)16-18-44(19-17-43,42(48)49)47-36-9-6-8-35(45)25-36/h6,8-9,11-15,20-21,23,25,29-30,34,47H,5,7,10,16-19,22,24,26-27H2,1-4H3,(H,48,49)/t29-,30-,34?,43?,44?/m1/s1. The molecule has 3 aliphatic rings. The van der Waals surface area contributed by atoms with Gasteiger partial charge >= 0.3 is 5.97 Å². The molecule has 0 amide bonds. The van der Waals surface area contributed by atoms with E-state index in [4.69, 9.17) is 21.1 Å². The van der Waals surface area contributed by atoms with Gasteiger partial charge in [0.1, 0.15) is 23.6 Å². The SMILES string of the molecule is Cc1ccc(OCc2ccc3c(c2)C2(CCC(Nc4cccc(Cl)c4)(C(=O)O)CC2)C(C[C@@H](C)COc2ccnc4c2[C@H](C)CCC4)C3)c(C)c1. The minimum absolute atomic E-state index is 0.126. The zero-order chi connectivity index (χ0) is 35.8. The molecule has 268 valence electrons. The van der Waals surface area contributed by atoms with Gasteiger partial charge in [0.05, 0.1) is 6.61 Å². The number of aryl methyl sites for hydroxylation is 3. The Morgan fingerprint density at radius 1 is 1.02 bits per heavy atom. The molecule has 1 saturated carbocycles. The van der Waals surface area contributed by atoms with Crippen LogP contribution in [0.5, 0.6) is 11.5 Å². The van der Waals surface area contributed by atoms with Crippen molar-refractivity contribution in [2.24, 2.45) is 11.8 Å². The molecule has 0 radical (unpaired) electrons. The molecule has 7 heteroatoms. The fraction of sp³-hybridized carbons (Fsp3) is 0.455. The van der Waals surface area contributed by atoms with Crippen LogP contribution in [-0.2, 0) is 29.7 Å². The third-order valence-electron chi connectivity index (χ3n) is 12.1. The number of carboxylic acid groups (broad SMARTS) is 1. The average molecular weight is 707 g/mol. The smallest absolute Gasteiger partial charge is 0.329 e. The predicted molar refractivity (Wildman–Crippen MR) is 204 cm³/mol. The number of aliphatic carboxylic acids is 1. The lowest BCUT2D eigenvalue weighted by molar-refractivity contribution is -0.144. The van der Waals surface area contributed by atoms with E-state index in [1.165, 1.54) is 40.8 Å². The number of anilines is 1. The second-order valence-electron chi connectivity index (χ2n) is 15.7. The highest BCUT2D eigenvalue weighted by atomic mass is 35.5. The number of aromatic nitrogens is 1. The monoisotopic (exact) mass is 706 g/mol. The van der Waals surface area contributed by atoms with E-state index >= 15 is 0 Å². The fourth-order valence-electron chi connectivity index (χ4n) is 9.36. The second-order valence-corrected chi connectivity index (χ2v) is 16.2. The zero-order valence-corrected chi connectivity index (χ0v) is 31.2. The van der Waals surface area contributed by atoms with E-state index in [2.05, 4.69) is 74.4 Å². The van der Waals surface area contributed by atoms with Crippen LogP contribution in [0.25, 0.3) is 0 Å². The summed E-state index contributed by atoms with van der Waals surface area (Å²) in [6, 6.07) is 22.6. The summed E-state index contributed by atoms with van der Waals surface area (Å²) in [5.74, 6) is 2.26. The van der Waals surface area contributed by atoms with Gasteiger partial charge in [-0.1, -0.05) is 67.4 Å². The Hall–Kier alpha value is -4.03. The molecule has 51 heavy (non-hydrogen) atoms. The van der Waals surface area contributed by atoms with E-state index in [1.54, 1.807) is 0 Å². The number of halogens is 1. The summed E-state index contributed by atoms with van der Waals surface area (Å²) in [6.45, 7) is 9.93. The maximum Gasteiger partial charge on any atom is 0.329 e. The van der Waals surface area contributed by atoms with Gasteiger partial charge < -0.3 is 19.9 Å². The molecular weight excluding hydrogens is 656 g/mol. The number of fused-ring (bicyclic) bond motifs is 3. The van der Waals surface area contributed by atoms with Crippen molar-refractivity contribution < 1.29 is 19.4 Å². The van der Waals surface area contributed by atoms with E-state index in [0.717, 1.165) is 60.4 Å². The molecule has 7 rings (SSSR count). The first kappa shape index (κ1) is 35.4. The molecule has 1 spiro atoms. The van der Waals surface area contributed by atoms with Crippen LogP contribution >= 0.6 is 11.6 Å². The molecule has 2 N–H and O–H groups in total. The lowest BCUT2D eigenvalue weighted by Gasteiger charge is -2.47. The lowest BCUT2D eigenvalue weighted by atomic mass is 9.59. The number of nitrogens with zero attached hydrogens (tertiary/aromatic N) is 1. The molecule has 3 atom stereocenters. The number of benzene rings is 3. The number of rotatable bonds is 11. The first-order chi connectivity index (χ1) is 24.5. The highest BCUT2D eigenvalue weighted by molar-refractivity contribution is 6.30. The number of pyridine rings is 1. The second kappa shape index (κ2) is 14.5. The van der Waals surface area contributed by atoms with Crippen LogP contribution in [0.1, 0.15) is 104 Å². The van der Waals surface area contributed by atoms with E-state index in [9.17, 15) is 9.90 Å². The number of hydrogen-bond acceptors (Lipinski definition) is 5. The minimum atomic E-state index is -1.06. The van der Waals surface area contributed by atoms with Gasteiger partial charge in [0.2, 0.25) is 0 Å². The van der Waals surface area contributed by atoms with Gasteiger partial charge in [0, 0.05) is 28.2 Å². The van der Waals surface area contributed by atoms with Gasteiger partial charge in [-0.25, -0.2) is 4.79 Å². The Morgan fingerprint density at radius 3 is 2.61 bits per heavy atom. The maximum atomic E-state index is 13.0. The van der Waals surface area contributed by atoms with Crippen molar-refractivity contribution in [1.82, 2.24) is 4.98 Å². The fourth-order valence-corrected chi connectivity index (χ4v) is 9.55. The Morgan fingerprint density at radius 2 is 1.84 bits per heavy atom. The van der Waals surface area contributed by atoms with Gasteiger partial charge in [-0.15, -0.1) is 0 Å². The number of ether oxygens (including phenoxy) is 2. The predicted octanol–water partition coefficient (Wildman–Crippen LogP) is 10.4. The molecule has 3 aromatic carbocycles. The molecule has 1 fully saturated rings. The highest BCUT2D eigenvalue weighted by Crippen LogP contribution is 2.56. The Bertz CT molecular complexity index is 1900. The topological polar surface area (TPSA) is 80.7 Å². The molecular formula is C44H51ClN2O4. The summed E-state index contributed by atoms with van der Waals surface area (Å²) in [4.78, 5) is 17.7. The lowest BCUT2D eigenvalue weighted by Crippen LogP contribution is -2.53. The highest BCUT2D eigenvalue weighted by Gasteiger charge is 2.54. The van der Waals surface area contributed by atoms with Crippen molar-refractivity contribution >= 4 is 23.3 Å². The number of carbonyl (C=O) groups is 1. The molecule has 0 saturated heterocycles. The number of hydrogen-bond donors (Lipinski definition) is 2. The first-order valence-corrected chi connectivity index (χ1v) is 19.1. The summed E-state index contributed by atoms with van der Waals surface area (Å²) in [5, 5.41) is 14.7. The van der Waals surface area contributed by atoms with Crippen molar-refractivity contribution in [3.8, 4) is 11.5 Å². The molecule has 6 nitrogen and oxygen atoms in total. The van der Waals surface area contributed by atoms with Gasteiger partial charge in [0.15, 0.2) is 0 Å². The Balaban J connectivity index is 1.14. The van der Waals surface area contributed by atoms with Gasteiger partial charge in [-0.2, -0.15) is 0 Å². The van der Waals surface area contributed by atoms with Gasteiger partial charge in [0.25, 0.3) is 0 Å². The Kier molecular flexibility index (Phi) is 10.1. The molecule has 3 aliphatic carbocycles. The molecule has 0 bridgehead atoms. The molecule has 4 aromatic rings. The first-order valence-electron chi connectivity index (χ1n) is 18.8. The van der Waals surface area contributed by atoms with Crippen molar-refractivity contribution in [2.75, 3.05) is 11.9 Å². The van der Waals surface area contributed by atoms with Crippen LogP contribution in [-0.4, -0.2) is 28.2 Å². The molecule has 1 aromatic heterocycles. The normalized spacial score (nSPS) is 24.4. The average Bonchev–Trinajstić information content (AvgIpc) is 3.39. The minimum Gasteiger partial charge on any atom is -0.493 e. The molecule has 1 heterocycles. The van der Waals surface area contributed by atoms with Crippen LogP contribution in [0.4, 0.5) is 5.69 Å². The van der Waals surface area contributed by atoms with Crippen molar-refractivity contribution in [2.45, 2.75) is 109 Å². The molecule has 1 unspecified atom stereocenters. The third kappa shape index (κ3) is 7.22.